The SMILES string of the molecule is Cc1ccc(C(O)C2CC2c2ccccc2)cc1C. The summed E-state index contributed by atoms with van der Waals surface area (Å²) >= 11 is 0. The molecule has 0 radical (unpaired) electrons. The van der Waals surface area contributed by atoms with E-state index >= 15 is 0 Å². The van der Waals surface area contributed by atoms with Gasteiger partial charge in [-0.05, 0) is 54.4 Å². The first-order valence-corrected chi connectivity index (χ1v) is 6.97. The van der Waals surface area contributed by atoms with Gasteiger partial charge in [0.2, 0.25) is 0 Å². The van der Waals surface area contributed by atoms with Gasteiger partial charge in [0.05, 0.1) is 6.10 Å². The van der Waals surface area contributed by atoms with Gasteiger partial charge in [0, 0.05) is 0 Å². The smallest absolute Gasteiger partial charge is 0.0824 e. The van der Waals surface area contributed by atoms with Crippen LogP contribution in [0.5, 0.6) is 0 Å². The molecular weight excluding hydrogens is 232 g/mol. The Morgan fingerprint density at radius 2 is 1.74 bits per heavy atom. The van der Waals surface area contributed by atoms with Crippen LogP contribution in [0, 0.1) is 19.8 Å². The molecule has 1 saturated carbocycles. The first-order chi connectivity index (χ1) is 9.16. The Balaban J connectivity index is 1.76. The lowest BCUT2D eigenvalue weighted by atomic mass is 9.98. The van der Waals surface area contributed by atoms with Crippen LogP contribution in [0.3, 0.4) is 0 Å². The van der Waals surface area contributed by atoms with Crippen molar-refractivity contribution in [3.63, 3.8) is 0 Å². The van der Waals surface area contributed by atoms with Gasteiger partial charge in [-0.25, -0.2) is 0 Å². The normalized spacial score (nSPS) is 23.1. The fraction of sp³-hybridized carbons (Fsp3) is 0.333. The molecule has 0 spiro atoms. The minimum Gasteiger partial charge on any atom is -0.388 e. The van der Waals surface area contributed by atoms with Crippen molar-refractivity contribution in [2.24, 2.45) is 5.92 Å². The van der Waals surface area contributed by atoms with Crippen LogP contribution < -0.4 is 0 Å². The van der Waals surface area contributed by atoms with Gasteiger partial charge in [-0.15, -0.1) is 0 Å². The molecule has 2 aromatic rings. The van der Waals surface area contributed by atoms with Crippen molar-refractivity contribution in [1.29, 1.82) is 0 Å². The van der Waals surface area contributed by atoms with E-state index in [4.69, 9.17) is 0 Å². The molecule has 0 bridgehead atoms. The third-order valence-corrected chi connectivity index (χ3v) is 4.35. The van der Waals surface area contributed by atoms with Crippen molar-refractivity contribution in [3.05, 3.63) is 70.8 Å². The molecule has 1 aliphatic rings. The monoisotopic (exact) mass is 252 g/mol. The Hall–Kier alpha value is -1.60. The van der Waals surface area contributed by atoms with Crippen LogP contribution >= 0.6 is 0 Å². The molecule has 1 N–H and O–H groups in total. The number of aryl methyl sites for hydroxylation is 2. The molecule has 1 fully saturated rings. The van der Waals surface area contributed by atoms with Gasteiger partial charge >= 0.3 is 0 Å². The van der Waals surface area contributed by atoms with Gasteiger partial charge in [0.25, 0.3) is 0 Å². The Bertz CT molecular complexity index is 573. The maximum Gasteiger partial charge on any atom is 0.0824 e. The van der Waals surface area contributed by atoms with Crippen LogP contribution in [-0.4, -0.2) is 5.11 Å². The van der Waals surface area contributed by atoms with E-state index in [-0.39, 0.29) is 6.10 Å². The molecule has 98 valence electrons. The topological polar surface area (TPSA) is 20.2 Å². The third-order valence-electron chi connectivity index (χ3n) is 4.35. The minimum absolute atomic E-state index is 0.329. The van der Waals surface area contributed by atoms with Crippen LogP contribution in [-0.2, 0) is 0 Å². The quantitative estimate of drug-likeness (QED) is 0.870. The Morgan fingerprint density at radius 1 is 1.00 bits per heavy atom. The predicted octanol–water partition coefficient (Wildman–Crippen LogP) is 4.14. The molecular formula is C18H20O. The lowest BCUT2D eigenvalue weighted by Crippen LogP contribution is -2.02. The highest BCUT2D eigenvalue weighted by Gasteiger charge is 2.43. The number of rotatable bonds is 3. The molecule has 0 aliphatic heterocycles. The molecule has 0 saturated heterocycles. The molecule has 3 unspecified atom stereocenters. The molecule has 19 heavy (non-hydrogen) atoms. The van der Waals surface area contributed by atoms with Crippen LogP contribution in [0.4, 0.5) is 0 Å². The maximum atomic E-state index is 10.5. The zero-order chi connectivity index (χ0) is 13.4. The highest BCUT2D eigenvalue weighted by Crippen LogP contribution is 2.54. The highest BCUT2D eigenvalue weighted by molar-refractivity contribution is 5.34. The summed E-state index contributed by atoms with van der Waals surface area (Å²) in [5.41, 5.74) is 4.96. The van der Waals surface area contributed by atoms with Crippen LogP contribution in [0.15, 0.2) is 48.5 Å². The predicted molar refractivity (Wildman–Crippen MR) is 78.2 cm³/mol. The number of hydrogen-bond acceptors (Lipinski definition) is 1. The van der Waals surface area contributed by atoms with Crippen molar-refractivity contribution < 1.29 is 5.11 Å². The van der Waals surface area contributed by atoms with Gasteiger partial charge in [-0.3, -0.25) is 0 Å². The fourth-order valence-corrected chi connectivity index (χ4v) is 2.84. The van der Waals surface area contributed by atoms with Gasteiger partial charge in [-0.1, -0.05) is 48.5 Å². The first kappa shape index (κ1) is 12.4. The van der Waals surface area contributed by atoms with Gasteiger partial charge in [0.15, 0.2) is 0 Å². The molecule has 3 atom stereocenters. The molecule has 1 aliphatic carbocycles. The summed E-state index contributed by atoms with van der Waals surface area (Å²) in [6.45, 7) is 4.21. The third kappa shape index (κ3) is 2.43. The van der Waals surface area contributed by atoms with E-state index < -0.39 is 0 Å². The highest BCUT2D eigenvalue weighted by atomic mass is 16.3. The number of benzene rings is 2. The van der Waals surface area contributed by atoms with E-state index in [2.05, 4.69) is 56.3 Å². The summed E-state index contributed by atoms with van der Waals surface area (Å²) in [5.74, 6) is 0.905. The second-order valence-corrected chi connectivity index (χ2v) is 5.71. The maximum absolute atomic E-state index is 10.5. The minimum atomic E-state index is -0.329. The molecule has 1 heteroatoms. The van der Waals surface area contributed by atoms with Crippen LogP contribution in [0.25, 0.3) is 0 Å². The van der Waals surface area contributed by atoms with E-state index in [0.29, 0.717) is 11.8 Å². The van der Waals surface area contributed by atoms with E-state index in [1.165, 1.54) is 16.7 Å². The van der Waals surface area contributed by atoms with Gasteiger partial charge in [-0.2, -0.15) is 0 Å². The first-order valence-electron chi connectivity index (χ1n) is 6.97. The second kappa shape index (κ2) is 4.82. The summed E-state index contributed by atoms with van der Waals surface area (Å²) in [4.78, 5) is 0. The van der Waals surface area contributed by atoms with E-state index in [0.717, 1.165) is 12.0 Å². The molecule has 2 aromatic carbocycles. The Morgan fingerprint density at radius 3 is 2.42 bits per heavy atom. The summed E-state index contributed by atoms with van der Waals surface area (Å²) in [6.07, 6.45) is 0.766. The van der Waals surface area contributed by atoms with Crippen molar-refractivity contribution in [1.82, 2.24) is 0 Å². The summed E-state index contributed by atoms with van der Waals surface area (Å²) in [6, 6.07) is 16.8. The van der Waals surface area contributed by atoms with Gasteiger partial charge < -0.3 is 5.11 Å². The zero-order valence-electron chi connectivity index (χ0n) is 11.5. The van der Waals surface area contributed by atoms with Crippen molar-refractivity contribution in [2.75, 3.05) is 0 Å². The molecule has 1 nitrogen and oxygen atoms in total. The Labute approximate surface area is 114 Å². The van der Waals surface area contributed by atoms with Crippen molar-refractivity contribution in [2.45, 2.75) is 32.3 Å². The van der Waals surface area contributed by atoms with Crippen molar-refractivity contribution >= 4 is 0 Å². The van der Waals surface area contributed by atoms with Gasteiger partial charge in [0.1, 0.15) is 0 Å². The van der Waals surface area contributed by atoms with Crippen LogP contribution in [0.1, 0.15) is 40.7 Å². The van der Waals surface area contributed by atoms with E-state index in [1.807, 2.05) is 6.07 Å². The second-order valence-electron chi connectivity index (χ2n) is 5.71. The Kier molecular flexibility index (Phi) is 3.16. The number of aliphatic hydroxyl groups excluding tert-OH is 1. The molecule has 0 aromatic heterocycles. The molecule has 3 rings (SSSR count). The molecule has 0 heterocycles. The zero-order valence-corrected chi connectivity index (χ0v) is 11.5. The average molecular weight is 252 g/mol. The lowest BCUT2D eigenvalue weighted by molar-refractivity contribution is 0.151. The summed E-state index contributed by atoms with van der Waals surface area (Å²) in [5, 5.41) is 10.5. The van der Waals surface area contributed by atoms with Crippen LogP contribution in [0.2, 0.25) is 0 Å². The largest absolute Gasteiger partial charge is 0.388 e. The molecule has 0 amide bonds. The number of aliphatic hydroxyl groups is 1. The standard InChI is InChI=1S/C18H20O/c1-12-8-9-15(10-13(12)2)18(19)17-11-16(17)14-6-4-3-5-7-14/h3-10,16-19H,11H2,1-2H3. The number of hydrogen-bond donors (Lipinski definition) is 1. The lowest BCUT2D eigenvalue weighted by Gasteiger charge is -2.13. The van der Waals surface area contributed by atoms with E-state index in [1.54, 1.807) is 0 Å². The summed E-state index contributed by atoms with van der Waals surface area (Å²) in [7, 11) is 0. The average Bonchev–Trinajstić information content (AvgIpc) is 3.22. The van der Waals surface area contributed by atoms with E-state index in [9.17, 15) is 5.11 Å². The fourth-order valence-electron chi connectivity index (χ4n) is 2.84. The van der Waals surface area contributed by atoms with Crippen molar-refractivity contribution in [3.8, 4) is 0 Å². The summed E-state index contributed by atoms with van der Waals surface area (Å²) < 4.78 is 0.